The molecule has 7 heteroatoms. The van der Waals surface area contributed by atoms with Crippen molar-refractivity contribution in [2.75, 3.05) is 19.6 Å². The van der Waals surface area contributed by atoms with Crippen molar-refractivity contribution in [2.24, 2.45) is 11.8 Å². The molecule has 2 rings (SSSR count). The molecule has 0 aromatic heterocycles. The van der Waals surface area contributed by atoms with E-state index >= 15 is 0 Å². The Morgan fingerprint density at radius 2 is 1.63 bits per heavy atom. The molecule has 2 fully saturated rings. The van der Waals surface area contributed by atoms with Crippen LogP contribution in [-0.2, 0) is 9.59 Å². The lowest BCUT2D eigenvalue weighted by Crippen LogP contribution is -2.44. The molecule has 0 radical (unpaired) electrons. The molecule has 0 bridgehead atoms. The number of alkyl halides is 3. The minimum Gasteiger partial charge on any atom is -0.341 e. The van der Waals surface area contributed by atoms with Gasteiger partial charge in [-0.15, -0.1) is 0 Å². The van der Waals surface area contributed by atoms with Gasteiger partial charge in [0, 0.05) is 13.1 Å². The summed E-state index contributed by atoms with van der Waals surface area (Å²) in [6.45, 7) is 0.661. The van der Waals surface area contributed by atoms with E-state index in [0.717, 1.165) is 25.7 Å². The number of hydrogen-bond donors (Lipinski definition) is 1. The average molecular weight is 278 g/mol. The van der Waals surface area contributed by atoms with Gasteiger partial charge in [0.05, 0.1) is 6.54 Å². The van der Waals surface area contributed by atoms with E-state index in [-0.39, 0.29) is 0 Å². The highest BCUT2D eigenvalue weighted by Crippen LogP contribution is 2.35. The summed E-state index contributed by atoms with van der Waals surface area (Å²) in [7, 11) is 0. The van der Waals surface area contributed by atoms with Crippen LogP contribution < -0.4 is 5.32 Å². The Labute approximate surface area is 109 Å². The van der Waals surface area contributed by atoms with E-state index in [2.05, 4.69) is 0 Å². The van der Waals surface area contributed by atoms with Crippen LogP contribution in [0.15, 0.2) is 0 Å². The lowest BCUT2D eigenvalue weighted by Gasteiger charge is -2.22. The Kier molecular flexibility index (Phi) is 4.01. The Balaban J connectivity index is 1.80. The summed E-state index contributed by atoms with van der Waals surface area (Å²) < 4.78 is 35.9. The Hall–Kier alpha value is -1.27. The van der Waals surface area contributed by atoms with Crippen LogP contribution in [0.2, 0.25) is 0 Å². The maximum atomic E-state index is 12.0. The van der Waals surface area contributed by atoms with Gasteiger partial charge in [0.25, 0.3) is 0 Å². The van der Waals surface area contributed by atoms with Crippen LogP contribution in [0.25, 0.3) is 0 Å². The normalized spacial score (nSPS) is 27.0. The highest BCUT2D eigenvalue weighted by molar-refractivity contribution is 5.87. The molecule has 2 unspecified atom stereocenters. The summed E-state index contributed by atoms with van der Waals surface area (Å²) in [5.41, 5.74) is 0. The lowest BCUT2D eigenvalue weighted by atomic mass is 9.82. The molecule has 1 aliphatic carbocycles. The van der Waals surface area contributed by atoms with Gasteiger partial charge in [-0.1, -0.05) is 12.8 Å². The molecule has 19 heavy (non-hydrogen) atoms. The third-order valence-electron chi connectivity index (χ3n) is 3.99. The van der Waals surface area contributed by atoms with Crippen molar-refractivity contribution in [1.82, 2.24) is 10.2 Å². The Bertz CT molecular complexity index is 356. The zero-order chi connectivity index (χ0) is 14.0. The molecule has 1 saturated carbocycles. The maximum Gasteiger partial charge on any atom is 0.471 e. The first-order valence-electron chi connectivity index (χ1n) is 6.50. The van der Waals surface area contributed by atoms with E-state index in [4.69, 9.17) is 0 Å². The molecule has 2 amide bonds. The van der Waals surface area contributed by atoms with Gasteiger partial charge in [0.2, 0.25) is 5.91 Å². The van der Waals surface area contributed by atoms with Crippen molar-refractivity contribution < 1.29 is 22.8 Å². The quantitative estimate of drug-likeness (QED) is 0.828. The summed E-state index contributed by atoms with van der Waals surface area (Å²) in [5.74, 6) is -1.52. The Morgan fingerprint density at radius 1 is 1.11 bits per heavy atom. The molecular formula is C12H17F3N2O2. The fourth-order valence-corrected chi connectivity index (χ4v) is 2.98. The van der Waals surface area contributed by atoms with Gasteiger partial charge in [-0.25, -0.2) is 0 Å². The monoisotopic (exact) mass is 278 g/mol. The van der Waals surface area contributed by atoms with Crippen LogP contribution in [0.4, 0.5) is 13.2 Å². The predicted octanol–water partition coefficient (Wildman–Crippen LogP) is 1.31. The number of nitrogens with one attached hydrogen (secondary N) is 1. The van der Waals surface area contributed by atoms with Crippen molar-refractivity contribution in [3.05, 3.63) is 0 Å². The van der Waals surface area contributed by atoms with Crippen LogP contribution in [-0.4, -0.2) is 42.5 Å². The number of halogens is 3. The van der Waals surface area contributed by atoms with E-state index in [1.807, 2.05) is 0 Å². The highest BCUT2D eigenvalue weighted by atomic mass is 19.4. The van der Waals surface area contributed by atoms with E-state index in [1.54, 1.807) is 10.2 Å². The van der Waals surface area contributed by atoms with Gasteiger partial charge in [-0.05, 0) is 24.7 Å². The van der Waals surface area contributed by atoms with Gasteiger partial charge in [0.1, 0.15) is 0 Å². The third-order valence-corrected chi connectivity index (χ3v) is 3.99. The first kappa shape index (κ1) is 14.1. The zero-order valence-corrected chi connectivity index (χ0v) is 10.5. The lowest BCUT2D eigenvalue weighted by molar-refractivity contribution is -0.174. The molecule has 1 saturated heterocycles. The topological polar surface area (TPSA) is 49.4 Å². The van der Waals surface area contributed by atoms with Gasteiger partial charge < -0.3 is 10.2 Å². The Morgan fingerprint density at radius 3 is 2.11 bits per heavy atom. The number of nitrogens with zero attached hydrogens (tertiary/aromatic N) is 1. The SMILES string of the molecule is O=C(CNC(=O)C(F)(F)F)N1CC2CCCCC2C1. The van der Waals surface area contributed by atoms with Gasteiger partial charge in [-0.2, -0.15) is 13.2 Å². The van der Waals surface area contributed by atoms with Crippen molar-refractivity contribution in [3.63, 3.8) is 0 Å². The predicted molar refractivity (Wildman–Crippen MR) is 61.1 cm³/mol. The number of carbonyl (C=O) groups is 2. The minimum atomic E-state index is -4.93. The summed E-state index contributed by atoms with van der Waals surface area (Å²) in [6, 6.07) is 0. The van der Waals surface area contributed by atoms with Gasteiger partial charge in [0.15, 0.2) is 0 Å². The standard InChI is InChI=1S/C12H17F3N2O2/c13-12(14,15)11(19)16-5-10(18)17-6-8-3-1-2-4-9(8)7-17/h8-9H,1-7H2,(H,16,19). The number of hydrogen-bond acceptors (Lipinski definition) is 2. The molecule has 1 N–H and O–H groups in total. The second kappa shape index (κ2) is 5.38. The minimum absolute atomic E-state index is 0.424. The largest absolute Gasteiger partial charge is 0.471 e. The van der Waals surface area contributed by atoms with Crippen molar-refractivity contribution in [1.29, 1.82) is 0 Å². The van der Waals surface area contributed by atoms with Crippen LogP contribution in [0.1, 0.15) is 25.7 Å². The summed E-state index contributed by atoms with van der Waals surface area (Å²) in [6.07, 6.45) is -0.437. The van der Waals surface area contributed by atoms with E-state index in [1.165, 1.54) is 0 Å². The number of likely N-dealkylation sites (tertiary alicyclic amines) is 1. The molecule has 0 spiro atoms. The summed E-state index contributed by atoms with van der Waals surface area (Å²) in [5, 5.41) is 1.63. The van der Waals surface area contributed by atoms with E-state index in [0.29, 0.717) is 24.9 Å². The number of rotatable bonds is 2. The number of fused-ring (bicyclic) bond motifs is 1. The maximum absolute atomic E-state index is 12.0. The molecule has 0 aromatic rings. The van der Waals surface area contributed by atoms with Crippen LogP contribution in [0, 0.1) is 11.8 Å². The molecule has 1 aliphatic heterocycles. The van der Waals surface area contributed by atoms with Gasteiger partial charge >= 0.3 is 12.1 Å². The zero-order valence-electron chi connectivity index (χ0n) is 10.5. The number of carbonyl (C=O) groups excluding carboxylic acids is 2. The molecule has 1 heterocycles. The van der Waals surface area contributed by atoms with Gasteiger partial charge in [-0.3, -0.25) is 9.59 Å². The summed E-state index contributed by atoms with van der Waals surface area (Å²) >= 11 is 0. The molecule has 2 atom stereocenters. The molecular weight excluding hydrogens is 261 g/mol. The van der Waals surface area contributed by atoms with Crippen LogP contribution in [0.3, 0.4) is 0 Å². The van der Waals surface area contributed by atoms with E-state index in [9.17, 15) is 22.8 Å². The van der Waals surface area contributed by atoms with Crippen molar-refractivity contribution in [2.45, 2.75) is 31.9 Å². The smallest absolute Gasteiger partial charge is 0.341 e. The van der Waals surface area contributed by atoms with Crippen LogP contribution in [0.5, 0.6) is 0 Å². The average Bonchev–Trinajstić information content (AvgIpc) is 2.78. The molecule has 4 nitrogen and oxygen atoms in total. The van der Waals surface area contributed by atoms with Crippen LogP contribution >= 0.6 is 0 Å². The van der Waals surface area contributed by atoms with Crippen molar-refractivity contribution >= 4 is 11.8 Å². The third kappa shape index (κ3) is 3.39. The first-order valence-corrected chi connectivity index (χ1v) is 6.50. The second-order valence-electron chi connectivity index (χ2n) is 5.28. The second-order valence-corrected chi connectivity index (χ2v) is 5.28. The fraction of sp³-hybridized carbons (Fsp3) is 0.833. The fourth-order valence-electron chi connectivity index (χ4n) is 2.98. The first-order chi connectivity index (χ1) is 8.88. The molecule has 2 aliphatic rings. The summed E-state index contributed by atoms with van der Waals surface area (Å²) in [4.78, 5) is 24.0. The molecule has 0 aromatic carbocycles. The highest BCUT2D eigenvalue weighted by Gasteiger charge is 2.40. The number of amides is 2. The van der Waals surface area contributed by atoms with Crippen molar-refractivity contribution in [3.8, 4) is 0 Å². The van der Waals surface area contributed by atoms with E-state index < -0.39 is 24.5 Å². The molecule has 108 valence electrons.